The molecule has 1 atom stereocenters. The Kier molecular flexibility index (Phi) is 6.83. The number of anilines is 1. The van der Waals surface area contributed by atoms with Gasteiger partial charge in [-0.2, -0.15) is 13.2 Å². The van der Waals surface area contributed by atoms with Crippen LogP contribution in [0.1, 0.15) is 34.5 Å². The van der Waals surface area contributed by atoms with Gasteiger partial charge in [-0.25, -0.2) is 18.9 Å². The number of ether oxygens (including phenoxy) is 1. The molecule has 2 amide bonds. The summed E-state index contributed by atoms with van der Waals surface area (Å²) in [5.41, 5.74) is 0.688. The predicted molar refractivity (Wildman–Crippen MR) is 114 cm³/mol. The molecule has 0 aliphatic carbocycles. The second-order valence-electron chi connectivity index (χ2n) is 7.97. The maximum absolute atomic E-state index is 14.7. The number of nitrogens with zero attached hydrogens (tertiary/aromatic N) is 6. The van der Waals surface area contributed by atoms with Crippen LogP contribution in [0.2, 0.25) is 0 Å². The number of carbonyl (C=O) groups excluding carboxylic acids is 2. The van der Waals surface area contributed by atoms with E-state index in [9.17, 15) is 32.3 Å². The Labute approximate surface area is 200 Å². The summed E-state index contributed by atoms with van der Waals surface area (Å²) in [5.74, 6) is -1.40. The number of alkyl halides is 3. The molecule has 0 fully saturated rings. The molecule has 0 saturated carbocycles. The summed E-state index contributed by atoms with van der Waals surface area (Å²) in [5, 5.41) is 23.1. The summed E-state index contributed by atoms with van der Waals surface area (Å²) in [6.07, 6.45) is -5.87. The Hall–Kier alpha value is -4.14. The van der Waals surface area contributed by atoms with Gasteiger partial charge in [-0.15, -0.1) is 5.10 Å². The van der Waals surface area contributed by atoms with Crippen LogP contribution in [0.5, 0.6) is 0 Å². The topological polar surface area (TPSA) is 135 Å². The number of pyridine rings is 1. The van der Waals surface area contributed by atoms with E-state index in [0.717, 1.165) is 11.0 Å². The first-order valence-corrected chi connectivity index (χ1v) is 10.5. The number of carbonyl (C=O) groups is 2. The molecule has 4 rings (SSSR count). The van der Waals surface area contributed by atoms with Gasteiger partial charge in [0.05, 0.1) is 18.2 Å². The number of nitrogens with one attached hydrogen (secondary N) is 1. The van der Waals surface area contributed by atoms with Crippen molar-refractivity contribution in [3.63, 3.8) is 0 Å². The first-order valence-electron chi connectivity index (χ1n) is 10.5. The third-order valence-corrected chi connectivity index (χ3v) is 5.27. The average molecular weight is 509 g/mol. The van der Waals surface area contributed by atoms with Gasteiger partial charge in [0, 0.05) is 13.1 Å². The molecule has 11 nitrogen and oxygen atoms in total. The predicted octanol–water partition coefficient (Wildman–Crippen LogP) is 2.69. The van der Waals surface area contributed by atoms with E-state index in [2.05, 4.69) is 30.6 Å². The van der Waals surface area contributed by atoms with Gasteiger partial charge in [-0.05, 0) is 52.7 Å². The van der Waals surface area contributed by atoms with Crippen LogP contribution in [0.15, 0.2) is 30.3 Å². The molecule has 0 saturated heterocycles. The third-order valence-electron chi connectivity index (χ3n) is 5.27. The van der Waals surface area contributed by atoms with Gasteiger partial charge in [0.2, 0.25) is 5.82 Å². The summed E-state index contributed by atoms with van der Waals surface area (Å²) in [6.45, 7) is -0.567. The lowest BCUT2D eigenvalue weighted by atomic mass is 10.1. The lowest BCUT2D eigenvalue weighted by molar-refractivity contribution is -0.162. The summed E-state index contributed by atoms with van der Waals surface area (Å²) in [4.78, 5) is 29.9. The quantitative estimate of drug-likeness (QED) is 0.485. The van der Waals surface area contributed by atoms with Crippen LogP contribution in [0.3, 0.4) is 0 Å². The third kappa shape index (κ3) is 5.40. The zero-order valence-corrected chi connectivity index (χ0v) is 18.7. The van der Waals surface area contributed by atoms with E-state index >= 15 is 0 Å². The second kappa shape index (κ2) is 9.85. The fraction of sp³-hybridized carbons (Fsp3) is 0.333. The number of aliphatic hydroxyl groups excluding tert-OH is 1. The van der Waals surface area contributed by atoms with Crippen molar-refractivity contribution in [2.75, 3.05) is 18.5 Å². The Morgan fingerprint density at radius 3 is 2.64 bits per heavy atom. The van der Waals surface area contributed by atoms with E-state index in [1.165, 1.54) is 16.8 Å². The van der Waals surface area contributed by atoms with Crippen molar-refractivity contribution in [1.29, 1.82) is 0 Å². The first-order chi connectivity index (χ1) is 17.1. The maximum atomic E-state index is 14.7. The summed E-state index contributed by atoms with van der Waals surface area (Å²) >= 11 is 0. The lowest BCUT2D eigenvalue weighted by Crippen LogP contribution is -2.30. The van der Waals surface area contributed by atoms with E-state index < -0.39 is 36.6 Å². The van der Waals surface area contributed by atoms with Crippen molar-refractivity contribution in [3.05, 3.63) is 52.8 Å². The Balaban J connectivity index is 1.49. The molecule has 0 unspecified atom stereocenters. The molecule has 2 N–H and O–H groups in total. The molecule has 0 bridgehead atoms. The molecule has 1 aliphatic heterocycles. The largest absolute Gasteiger partial charge is 0.440 e. The molecule has 0 radical (unpaired) electrons. The van der Waals surface area contributed by atoms with E-state index in [1.54, 1.807) is 19.1 Å². The van der Waals surface area contributed by atoms with E-state index in [-0.39, 0.29) is 36.9 Å². The van der Waals surface area contributed by atoms with Gasteiger partial charge >= 0.3 is 12.3 Å². The number of hydrogen-bond acceptors (Lipinski definition) is 8. The van der Waals surface area contributed by atoms with E-state index in [4.69, 9.17) is 0 Å². The minimum absolute atomic E-state index is 0.0703. The number of hydrogen-bond donors (Lipinski definition) is 2. The number of benzene rings is 1. The minimum atomic E-state index is -4.67. The molecule has 3 aromatic rings. The van der Waals surface area contributed by atoms with Gasteiger partial charge in [0.1, 0.15) is 17.3 Å². The van der Waals surface area contributed by atoms with Crippen LogP contribution in [-0.4, -0.2) is 66.6 Å². The van der Waals surface area contributed by atoms with Crippen LogP contribution in [0.25, 0.3) is 11.5 Å². The van der Waals surface area contributed by atoms with Crippen molar-refractivity contribution in [2.45, 2.75) is 32.2 Å². The zero-order valence-electron chi connectivity index (χ0n) is 18.7. The molecule has 0 spiro atoms. The van der Waals surface area contributed by atoms with Crippen molar-refractivity contribution >= 4 is 17.8 Å². The van der Waals surface area contributed by atoms with Crippen LogP contribution in [0, 0.1) is 5.82 Å². The maximum Gasteiger partial charge on any atom is 0.422 e. The highest BCUT2D eigenvalue weighted by Crippen LogP contribution is 2.28. The number of fused-ring (bicyclic) bond motifs is 1. The first kappa shape index (κ1) is 25.0. The van der Waals surface area contributed by atoms with Crippen LogP contribution in [-0.2, 0) is 17.8 Å². The van der Waals surface area contributed by atoms with Gasteiger partial charge in [0.15, 0.2) is 6.61 Å². The fourth-order valence-electron chi connectivity index (χ4n) is 3.51. The Bertz CT molecular complexity index is 1300. The van der Waals surface area contributed by atoms with E-state index in [0.29, 0.717) is 16.8 Å². The summed E-state index contributed by atoms with van der Waals surface area (Å²) < 4.78 is 57.2. The monoisotopic (exact) mass is 509 g/mol. The van der Waals surface area contributed by atoms with Crippen LogP contribution >= 0.6 is 0 Å². The smallest absolute Gasteiger partial charge is 0.422 e. The standard InChI is InChI=1S/C21H19F4N7O4/c1-11(9-33)32-18(28-29-30-32)16-3-2-4-17(26-16)27-19(34)14-5-12-7-31(8-13(12)6-15(14)22)20(35)36-10-21(23,24)25/h2-6,11,33H,7-10H2,1H3,(H,26,27,34)/t11-/m1/s1. The average Bonchev–Trinajstić information content (AvgIpc) is 3.48. The summed E-state index contributed by atoms with van der Waals surface area (Å²) in [6, 6.07) is 6.48. The van der Waals surface area contributed by atoms with Crippen LogP contribution in [0.4, 0.5) is 28.2 Å². The molecule has 1 aromatic carbocycles. The Morgan fingerprint density at radius 1 is 1.22 bits per heavy atom. The van der Waals surface area contributed by atoms with Crippen LogP contribution < -0.4 is 5.32 Å². The highest BCUT2D eigenvalue weighted by Gasteiger charge is 2.33. The number of rotatable bonds is 6. The number of amides is 2. The molecular weight excluding hydrogens is 490 g/mol. The number of halogens is 4. The van der Waals surface area contributed by atoms with Crippen molar-refractivity contribution in [1.82, 2.24) is 30.1 Å². The molecular formula is C21H19F4N7O4. The molecule has 2 aromatic heterocycles. The van der Waals surface area contributed by atoms with Gasteiger partial charge in [-0.1, -0.05) is 6.07 Å². The van der Waals surface area contributed by atoms with Gasteiger partial charge < -0.3 is 15.2 Å². The molecule has 1 aliphatic rings. The van der Waals surface area contributed by atoms with Gasteiger partial charge in [0.25, 0.3) is 5.91 Å². The van der Waals surface area contributed by atoms with Gasteiger partial charge in [-0.3, -0.25) is 9.69 Å². The van der Waals surface area contributed by atoms with Crippen molar-refractivity contribution in [3.8, 4) is 11.5 Å². The van der Waals surface area contributed by atoms with Crippen molar-refractivity contribution in [2.24, 2.45) is 0 Å². The SMILES string of the molecule is C[C@H](CO)n1nnnc1-c1cccc(NC(=O)c2cc3c(cc2F)CN(C(=O)OCC(F)(F)F)C3)n1. The molecule has 36 heavy (non-hydrogen) atoms. The second-order valence-corrected chi connectivity index (χ2v) is 7.97. The lowest BCUT2D eigenvalue weighted by Gasteiger charge is -2.16. The van der Waals surface area contributed by atoms with E-state index in [1.807, 2.05) is 0 Å². The number of aromatic nitrogens is 5. The number of tetrazole rings is 1. The summed E-state index contributed by atoms with van der Waals surface area (Å²) in [7, 11) is 0. The minimum Gasteiger partial charge on any atom is -0.440 e. The Morgan fingerprint density at radius 2 is 1.94 bits per heavy atom. The normalized spacial score (nSPS) is 13.9. The zero-order chi connectivity index (χ0) is 26.0. The number of aliphatic hydroxyl groups is 1. The molecule has 15 heteroatoms. The van der Waals surface area contributed by atoms with Crippen molar-refractivity contribution < 1.29 is 37.0 Å². The highest BCUT2D eigenvalue weighted by atomic mass is 19.4. The fourth-order valence-corrected chi connectivity index (χ4v) is 3.51. The molecule has 190 valence electrons. The molecule has 3 heterocycles. The highest BCUT2D eigenvalue weighted by molar-refractivity contribution is 6.04.